The second kappa shape index (κ2) is 4.17. The molecule has 0 N–H and O–H groups in total. The van der Waals surface area contributed by atoms with Crippen LogP contribution in [0.2, 0.25) is 0 Å². The van der Waals surface area contributed by atoms with Crippen LogP contribution in [-0.2, 0) is 0 Å². The summed E-state index contributed by atoms with van der Waals surface area (Å²) in [5, 5.41) is 0. The minimum atomic E-state index is 0.713. The van der Waals surface area contributed by atoms with E-state index in [1.165, 1.54) is 19.3 Å². The van der Waals surface area contributed by atoms with Gasteiger partial charge in [0.1, 0.15) is 0 Å². The molecule has 3 heteroatoms. The number of nitrogens with zero attached hydrogens (tertiary/aromatic N) is 1. The fourth-order valence-electron chi connectivity index (χ4n) is 1.92. The largest absolute Gasteiger partial charge is 0.287 e. The molecule has 1 aliphatic rings. The van der Waals surface area contributed by atoms with Gasteiger partial charge in [-0.05, 0) is 38.4 Å². The highest BCUT2D eigenvalue weighted by molar-refractivity contribution is 7.17. The zero-order chi connectivity index (χ0) is 8.43. The molecule has 66 valence electrons. The van der Waals surface area contributed by atoms with E-state index in [0.717, 1.165) is 11.6 Å². The summed E-state index contributed by atoms with van der Waals surface area (Å²) in [6.45, 7) is 2.32. The molecule has 1 saturated carbocycles. The highest BCUT2D eigenvalue weighted by atomic mass is 31.0. The van der Waals surface area contributed by atoms with Crippen molar-refractivity contribution in [3.8, 4) is 0 Å². The maximum absolute atomic E-state index is 2.99. The van der Waals surface area contributed by atoms with Gasteiger partial charge in [-0.2, -0.15) is 0 Å². The van der Waals surface area contributed by atoms with Crippen LogP contribution in [0.15, 0.2) is 0 Å². The van der Waals surface area contributed by atoms with Crippen molar-refractivity contribution in [1.29, 1.82) is 0 Å². The number of rotatable bonds is 2. The van der Waals surface area contributed by atoms with Crippen LogP contribution < -0.4 is 0 Å². The van der Waals surface area contributed by atoms with Crippen molar-refractivity contribution < 1.29 is 0 Å². The first-order valence-electron chi connectivity index (χ1n) is 4.36. The first-order valence-corrected chi connectivity index (χ1v) is 5.54. The molecule has 11 heavy (non-hydrogen) atoms. The van der Waals surface area contributed by atoms with E-state index in [4.69, 9.17) is 0 Å². The van der Waals surface area contributed by atoms with Crippen molar-refractivity contribution in [3.05, 3.63) is 0 Å². The number of hydrogen-bond donors (Lipinski definition) is 0. The van der Waals surface area contributed by atoms with Gasteiger partial charge in [0.25, 0.3) is 0 Å². The van der Waals surface area contributed by atoms with E-state index in [9.17, 15) is 0 Å². The summed E-state index contributed by atoms with van der Waals surface area (Å²) in [7, 11) is 7.90. The molecule has 1 fully saturated rings. The summed E-state index contributed by atoms with van der Waals surface area (Å²) in [5.41, 5.74) is 0.855. The zero-order valence-electron chi connectivity index (χ0n) is 7.46. The summed E-state index contributed by atoms with van der Waals surface area (Å²) >= 11 is 0. The minimum Gasteiger partial charge on any atom is -0.287 e. The molecule has 0 saturated heterocycles. The molecule has 1 rings (SSSR count). The smallest absolute Gasteiger partial charge is 0.0132 e. The van der Waals surface area contributed by atoms with E-state index >= 15 is 0 Å². The molecule has 4 unspecified atom stereocenters. The van der Waals surface area contributed by atoms with Gasteiger partial charge in [-0.15, -0.1) is 9.24 Å². The van der Waals surface area contributed by atoms with E-state index in [0.29, 0.717) is 6.04 Å². The van der Waals surface area contributed by atoms with Crippen LogP contribution >= 0.6 is 18.6 Å². The Balaban J connectivity index is 2.45. The van der Waals surface area contributed by atoms with Gasteiger partial charge in [-0.25, -0.2) is 0 Å². The summed E-state index contributed by atoms with van der Waals surface area (Å²) in [4.78, 5) is 0. The molecule has 0 aliphatic heterocycles. The molecule has 0 bridgehead atoms. The van der Waals surface area contributed by atoms with Crippen molar-refractivity contribution in [2.45, 2.75) is 37.9 Å². The van der Waals surface area contributed by atoms with Gasteiger partial charge in [-0.1, -0.05) is 15.8 Å². The second-order valence-electron chi connectivity index (χ2n) is 3.66. The monoisotopic (exact) mass is 191 g/mol. The first kappa shape index (κ1) is 9.90. The Hall–Kier alpha value is 0.820. The molecule has 0 heterocycles. The van der Waals surface area contributed by atoms with Gasteiger partial charge < -0.3 is 0 Å². The van der Waals surface area contributed by atoms with Crippen molar-refractivity contribution >= 4 is 18.6 Å². The van der Waals surface area contributed by atoms with Gasteiger partial charge in [-0.3, -0.25) is 4.67 Å². The third kappa shape index (κ3) is 2.38. The van der Waals surface area contributed by atoms with Crippen LogP contribution in [0.4, 0.5) is 0 Å². The molecule has 0 amide bonds. The molecule has 1 nitrogen and oxygen atoms in total. The first-order chi connectivity index (χ1) is 5.13. The van der Waals surface area contributed by atoms with Gasteiger partial charge in [0.15, 0.2) is 0 Å². The maximum atomic E-state index is 2.99. The van der Waals surface area contributed by atoms with Gasteiger partial charge in [0.05, 0.1) is 0 Å². The Morgan fingerprint density at radius 3 is 2.45 bits per heavy atom. The average Bonchev–Trinajstić information content (AvgIpc) is 2.33. The Morgan fingerprint density at radius 1 is 1.45 bits per heavy atom. The Morgan fingerprint density at radius 2 is 2.09 bits per heavy atom. The Labute approximate surface area is 74.8 Å². The van der Waals surface area contributed by atoms with E-state index in [1.54, 1.807) is 0 Å². The molecule has 0 aromatic rings. The topological polar surface area (TPSA) is 3.24 Å². The molecular formula is C8H19NP2. The molecule has 5 atom stereocenters. The minimum absolute atomic E-state index is 0.713. The lowest BCUT2D eigenvalue weighted by molar-refractivity contribution is 0.313. The summed E-state index contributed by atoms with van der Waals surface area (Å²) in [6.07, 6.45) is 4.23. The zero-order valence-corrected chi connectivity index (χ0v) is 9.76. The summed E-state index contributed by atoms with van der Waals surface area (Å²) < 4.78 is 2.26. The van der Waals surface area contributed by atoms with Crippen molar-refractivity contribution in [2.75, 3.05) is 7.05 Å². The predicted octanol–water partition coefficient (Wildman–Crippen LogP) is 2.14. The molecule has 0 radical (unpaired) electrons. The lowest BCUT2D eigenvalue weighted by Gasteiger charge is -2.28. The van der Waals surface area contributed by atoms with Gasteiger partial charge >= 0.3 is 0 Å². The third-order valence-corrected chi connectivity index (χ3v) is 4.18. The van der Waals surface area contributed by atoms with Crippen LogP contribution in [0, 0.1) is 5.92 Å². The molecule has 1 aliphatic carbocycles. The Kier molecular flexibility index (Phi) is 3.75. The second-order valence-corrected chi connectivity index (χ2v) is 5.34. The van der Waals surface area contributed by atoms with Crippen molar-refractivity contribution in [1.82, 2.24) is 4.67 Å². The van der Waals surface area contributed by atoms with Crippen molar-refractivity contribution in [2.24, 2.45) is 5.92 Å². The van der Waals surface area contributed by atoms with E-state index in [1.807, 2.05) is 0 Å². The lowest BCUT2D eigenvalue weighted by Crippen LogP contribution is -2.31. The summed E-state index contributed by atoms with van der Waals surface area (Å²) in [6, 6.07) is 0.713. The van der Waals surface area contributed by atoms with Crippen LogP contribution in [0.25, 0.3) is 0 Å². The van der Waals surface area contributed by atoms with Crippen LogP contribution in [0.1, 0.15) is 26.2 Å². The molecular weight excluding hydrogens is 172 g/mol. The SMILES string of the molecule is C[C@H](C1CCCC1P)N(C)P. The third-order valence-electron chi connectivity index (χ3n) is 2.89. The molecule has 0 aromatic carbocycles. The van der Waals surface area contributed by atoms with Gasteiger partial charge in [0.2, 0.25) is 0 Å². The predicted molar refractivity (Wildman–Crippen MR) is 57.8 cm³/mol. The molecule has 0 aromatic heterocycles. The maximum Gasteiger partial charge on any atom is 0.0132 e. The van der Waals surface area contributed by atoms with Crippen molar-refractivity contribution in [3.63, 3.8) is 0 Å². The fraction of sp³-hybridized carbons (Fsp3) is 1.00. The average molecular weight is 191 g/mol. The van der Waals surface area contributed by atoms with E-state index in [2.05, 4.69) is 37.3 Å². The number of hydrogen-bond acceptors (Lipinski definition) is 1. The highest BCUT2D eigenvalue weighted by Gasteiger charge is 2.29. The lowest BCUT2D eigenvalue weighted by atomic mass is 10.00. The highest BCUT2D eigenvalue weighted by Crippen LogP contribution is 2.35. The van der Waals surface area contributed by atoms with E-state index < -0.39 is 0 Å². The van der Waals surface area contributed by atoms with Crippen LogP contribution in [0.3, 0.4) is 0 Å². The van der Waals surface area contributed by atoms with Crippen LogP contribution in [0.5, 0.6) is 0 Å². The normalized spacial score (nSPS) is 34.6. The summed E-state index contributed by atoms with van der Waals surface area (Å²) in [5.74, 6) is 0.891. The standard InChI is InChI=1S/C8H19NP2/c1-6(9(2)11)7-4-3-5-8(7)10/h6-8H,3-5,10-11H2,1-2H3/t6-,7?,8?/m1/s1. The molecule has 0 spiro atoms. The quantitative estimate of drug-likeness (QED) is 0.604. The van der Waals surface area contributed by atoms with Crippen LogP contribution in [-0.4, -0.2) is 23.4 Å². The van der Waals surface area contributed by atoms with E-state index in [-0.39, 0.29) is 0 Å². The fourth-order valence-corrected chi connectivity index (χ4v) is 2.89. The van der Waals surface area contributed by atoms with Gasteiger partial charge in [0, 0.05) is 6.04 Å². The Bertz CT molecular complexity index is 127.